The Labute approximate surface area is 124 Å². The zero-order chi connectivity index (χ0) is 12.1. The summed E-state index contributed by atoms with van der Waals surface area (Å²) in [5.41, 5.74) is 0.531. The molecule has 0 spiro atoms. The molecule has 18 heavy (non-hydrogen) atoms. The number of furan rings is 1. The van der Waals surface area contributed by atoms with Crippen LogP contribution in [-0.2, 0) is 6.54 Å². The van der Waals surface area contributed by atoms with Crippen molar-refractivity contribution in [3.8, 4) is 0 Å². The van der Waals surface area contributed by atoms with Crippen molar-refractivity contribution in [3.63, 3.8) is 0 Å². The van der Waals surface area contributed by atoms with Gasteiger partial charge in [-0.2, -0.15) is 0 Å². The quantitative estimate of drug-likeness (QED) is 0.430. The van der Waals surface area contributed by atoms with Crippen LogP contribution in [0.25, 0.3) is 0 Å². The van der Waals surface area contributed by atoms with Gasteiger partial charge in [-0.1, -0.05) is 0 Å². The number of nitrogens with zero attached hydrogens (tertiary/aromatic N) is 1. The van der Waals surface area contributed by atoms with E-state index in [0.717, 1.165) is 24.8 Å². The van der Waals surface area contributed by atoms with Crippen LogP contribution >= 0.6 is 24.0 Å². The maximum atomic E-state index is 9.95. The lowest BCUT2D eigenvalue weighted by Crippen LogP contribution is -2.50. The summed E-state index contributed by atoms with van der Waals surface area (Å²) in [4.78, 5) is 4.10. The largest absolute Gasteiger partial charge is 0.472 e. The van der Waals surface area contributed by atoms with E-state index in [4.69, 9.17) is 4.42 Å². The first-order valence-electron chi connectivity index (χ1n) is 5.90. The number of hydrogen-bond acceptors (Lipinski definition) is 3. The standard InChI is InChI=1S/C12H19N3O2.HI/c1-13-11(14-7-10-3-6-17-8-10)15-9-12(16)4-2-5-12;/h3,6,8,16H,2,4-5,7,9H2,1H3,(H2,13,14,15);1H. The maximum Gasteiger partial charge on any atom is 0.191 e. The molecule has 3 N–H and O–H groups in total. The van der Waals surface area contributed by atoms with Crippen molar-refractivity contribution >= 4 is 29.9 Å². The predicted octanol–water partition coefficient (Wildman–Crippen LogP) is 1.48. The highest BCUT2D eigenvalue weighted by Gasteiger charge is 2.34. The predicted molar refractivity (Wildman–Crippen MR) is 81.1 cm³/mol. The molecule has 0 radical (unpaired) electrons. The normalized spacial score (nSPS) is 17.6. The molecule has 1 aromatic heterocycles. The van der Waals surface area contributed by atoms with E-state index in [2.05, 4.69) is 15.6 Å². The van der Waals surface area contributed by atoms with Gasteiger partial charge < -0.3 is 20.2 Å². The average Bonchev–Trinajstić information content (AvgIpc) is 2.80. The molecule has 2 rings (SSSR count). The van der Waals surface area contributed by atoms with Crippen LogP contribution in [0.3, 0.4) is 0 Å². The van der Waals surface area contributed by atoms with Crippen molar-refractivity contribution < 1.29 is 9.52 Å². The molecule has 6 heteroatoms. The van der Waals surface area contributed by atoms with Gasteiger partial charge in [0, 0.05) is 25.7 Å². The first-order chi connectivity index (χ1) is 8.22. The molecule has 0 unspecified atom stereocenters. The Morgan fingerprint density at radius 1 is 1.50 bits per heavy atom. The van der Waals surface area contributed by atoms with Crippen LogP contribution in [0.2, 0.25) is 0 Å². The zero-order valence-electron chi connectivity index (χ0n) is 10.5. The van der Waals surface area contributed by atoms with Gasteiger partial charge in [0.25, 0.3) is 0 Å². The molecule has 1 saturated carbocycles. The van der Waals surface area contributed by atoms with Crippen LogP contribution in [0.15, 0.2) is 28.0 Å². The molecular formula is C12H20IN3O2. The maximum absolute atomic E-state index is 9.95. The van der Waals surface area contributed by atoms with Crippen LogP contribution in [0, 0.1) is 0 Å². The Morgan fingerprint density at radius 3 is 2.78 bits per heavy atom. The van der Waals surface area contributed by atoms with Gasteiger partial charge >= 0.3 is 0 Å². The Bertz CT molecular complexity index is 375. The number of hydrogen-bond donors (Lipinski definition) is 3. The van der Waals surface area contributed by atoms with E-state index in [-0.39, 0.29) is 24.0 Å². The third-order valence-corrected chi connectivity index (χ3v) is 3.13. The first-order valence-corrected chi connectivity index (χ1v) is 5.90. The molecule has 1 aliphatic rings. The molecule has 1 fully saturated rings. The highest BCUT2D eigenvalue weighted by atomic mass is 127. The third-order valence-electron chi connectivity index (χ3n) is 3.13. The second-order valence-corrected chi connectivity index (χ2v) is 4.49. The van der Waals surface area contributed by atoms with E-state index in [1.807, 2.05) is 6.07 Å². The SMILES string of the molecule is CN=C(NCc1ccoc1)NCC1(O)CCC1.I. The molecule has 0 amide bonds. The van der Waals surface area contributed by atoms with Crippen LogP contribution in [0.1, 0.15) is 24.8 Å². The number of nitrogens with one attached hydrogen (secondary N) is 2. The summed E-state index contributed by atoms with van der Waals surface area (Å²) in [5.74, 6) is 0.700. The van der Waals surface area contributed by atoms with Crippen molar-refractivity contribution in [2.45, 2.75) is 31.4 Å². The summed E-state index contributed by atoms with van der Waals surface area (Å²) >= 11 is 0. The van der Waals surface area contributed by atoms with Crippen molar-refractivity contribution in [2.24, 2.45) is 4.99 Å². The van der Waals surface area contributed by atoms with Crippen LogP contribution in [0.5, 0.6) is 0 Å². The van der Waals surface area contributed by atoms with Gasteiger partial charge in [-0.3, -0.25) is 4.99 Å². The molecule has 5 nitrogen and oxygen atoms in total. The summed E-state index contributed by atoms with van der Waals surface area (Å²) in [7, 11) is 1.72. The second-order valence-electron chi connectivity index (χ2n) is 4.49. The highest BCUT2D eigenvalue weighted by Crippen LogP contribution is 2.30. The minimum Gasteiger partial charge on any atom is -0.472 e. The summed E-state index contributed by atoms with van der Waals surface area (Å²) < 4.78 is 4.98. The number of halogens is 1. The fraction of sp³-hybridized carbons (Fsp3) is 0.583. The minimum atomic E-state index is -0.534. The van der Waals surface area contributed by atoms with Crippen LogP contribution < -0.4 is 10.6 Å². The van der Waals surface area contributed by atoms with E-state index in [9.17, 15) is 5.11 Å². The van der Waals surface area contributed by atoms with Crippen molar-refractivity contribution in [1.29, 1.82) is 0 Å². The molecule has 0 atom stereocenters. The lowest BCUT2D eigenvalue weighted by atomic mass is 9.80. The van der Waals surface area contributed by atoms with E-state index >= 15 is 0 Å². The Morgan fingerprint density at radius 2 is 2.28 bits per heavy atom. The number of aliphatic imine (C=N–C) groups is 1. The van der Waals surface area contributed by atoms with E-state index < -0.39 is 5.60 Å². The lowest BCUT2D eigenvalue weighted by Gasteiger charge is -2.36. The Balaban J connectivity index is 0.00000162. The molecule has 0 aliphatic heterocycles. The second kappa shape index (κ2) is 6.98. The van der Waals surface area contributed by atoms with Gasteiger partial charge in [0.05, 0.1) is 18.1 Å². The molecular weight excluding hydrogens is 345 g/mol. The van der Waals surface area contributed by atoms with Crippen molar-refractivity contribution in [2.75, 3.05) is 13.6 Å². The number of guanidine groups is 1. The number of aliphatic hydroxyl groups is 1. The summed E-state index contributed by atoms with van der Waals surface area (Å²) in [6, 6.07) is 1.90. The molecule has 102 valence electrons. The average molecular weight is 365 g/mol. The first kappa shape index (κ1) is 15.3. The third kappa shape index (κ3) is 4.16. The molecule has 0 bridgehead atoms. The molecule has 0 saturated heterocycles. The summed E-state index contributed by atoms with van der Waals surface area (Å²) in [6.45, 7) is 1.21. The van der Waals surface area contributed by atoms with Crippen molar-refractivity contribution in [1.82, 2.24) is 10.6 Å². The van der Waals surface area contributed by atoms with Gasteiger partial charge in [0.15, 0.2) is 5.96 Å². The lowest BCUT2D eigenvalue weighted by molar-refractivity contribution is -0.0279. The minimum absolute atomic E-state index is 0. The number of rotatable bonds is 4. The van der Waals surface area contributed by atoms with E-state index in [1.165, 1.54) is 0 Å². The highest BCUT2D eigenvalue weighted by molar-refractivity contribution is 14.0. The summed E-state index contributed by atoms with van der Waals surface area (Å²) in [6.07, 6.45) is 6.20. The van der Waals surface area contributed by atoms with E-state index in [0.29, 0.717) is 19.0 Å². The topological polar surface area (TPSA) is 69.8 Å². The fourth-order valence-corrected chi connectivity index (χ4v) is 1.81. The molecule has 1 heterocycles. The Kier molecular flexibility index (Phi) is 5.94. The van der Waals surface area contributed by atoms with Crippen molar-refractivity contribution in [3.05, 3.63) is 24.2 Å². The van der Waals surface area contributed by atoms with Gasteiger partial charge in [-0.05, 0) is 25.3 Å². The zero-order valence-corrected chi connectivity index (χ0v) is 12.8. The van der Waals surface area contributed by atoms with Gasteiger partial charge in [-0.25, -0.2) is 0 Å². The molecule has 1 aromatic rings. The smallest absolute Gasteiger partial charge is 0.191 e. The Hall–Kier alpha value is -0.760. The van der Waals surface area contributed by atoms with E-state index in [1.54, 1.807) is 19.6 Å². The summed E-state index contributed by atoms with van der Waals surface area (Å²) in [5, 5.41) is 16.2. The fourth-order valence-electron chi connectivity index (χ4n) is 1.81. The van der Waals surface area contributed by atoms with Gasteiger partial charge in [0.2, 0.25) is 0 Å². The monoisotopic (exact) mass is 365 g/mol. The molecule has 0 aromatic carbocycles. The molecule has 1 aliphatic carbocycles. The van der Waals surface area contributed by atoms with Gasteiger partial charge in [0.1, 0.15) is 0 Å². The van der Waals surface area contributed by atoms with Gasteiger partial charge in [-0.15, -0.1) is 24.0 Å². The van der Waals surface area contributed by atoms with Crippen LogP contribution in [-0.4, -0.2) is 30.3 Å². The van der Waals surface area contributed by atoms with Crippen LogP contribution in [0.4, 0.5) is 0 Å².